The molecule has 2 rings (SSSR count). The number of nitrogens with two attached hydrogens (primary N) is 1. The Morgan fingerprint density at radius 2 is 1.84 bits per heavy atom. The molecule has 1 aromatic carbocycles. The van der Waals surface area contributed by atoms with E-state index in [0.717, 1.165) is 10.6 Å². The van der Waals surface area contributed by atoms with Crippen molar-refractivity contribution in [3.63, 3.8) is 0 Å². The van der Waals surface area contributed by atoms with Gasteiger partial charge in [-0.2, -0.15) is 4.31 Å². The van der Waals surface area contributed by atoms with Crippen LogP contribution in [0.15, 0.2) is 34.1 Å². The highest BCUT2D eigenvalue weighted by atomic mass is 32.2. The first-order valence-electron chi connectivity index (χ1n) is 9.59. The third-order valence-electron chi connectivity index (χ3n) is 4.95. The second-order valence-electron chi connectivity index (χ2n) is 7.47. The van der Waals surface area contributed by atoms with Gasteiger partial charge in [-0.1, -0.05) is 19.1 Å². The number of primary amides is 1. The zero-order chi connectivity index (χ0) is 23.4. The van der Waals surface area contributed by atoms with E-state index in [4.69, 9.17) is 5.73 Å². The number of nitrogens with zero attached hydrogens (tertiary/aromatic N) is 1. The lowest BCUT2D eigenvalue weighted by Crippen LogP contribution is -2.44. The van der Waals surface area contributed by atoms with Crippen LogP contribution in [0.2, 0.25) is 0 Å². The van der Waals surface area contributed by atoms with Gasteiger partial charge in [0.2, 0.25) is 21.8 Å². The Balaban J connectivity index is 2.14. The molecule has 171 valence electrons. The molecule has 1 aliphatic rings. The molecule has 1 fully saturated rings. The lowest BCUT2D eigenvalue weighted by atomic mass is 10.0. The van der Waals surface area contributed by atoms with E-state index in [9.17, 15) is 31.2 Å². The van der Waals surface area contributed by atoms with Crippen molar-refractivity contribution in [1.29, 1.82) is 0 Å². The van der Waals surface area contributed by atoms with E-state index in [1.807, 2.05) is 0 Å². The molecule has 10 nitrogen and oxygen atoms in total. The van der Waals surface area contributed by atoms with E-state index in [1.54, 1.807) is 6.92 Å². The van der Waals surface area contributed by atoms with Crippen molar-refractivity contribution < 1.29 is 31.2 Å². The van der Waals surface area contributed by atoms with Gasteiger partial charge in [-0.3, -0.25) is 14.4 Å². The highest BCUT2D eigenvalue weighted by Crippen LogP contribution is 2.25. The molecular formula is C19H26N3O7S2. The van der Waals surface area contributed by atoms with Crippen LogP contribution >= 0.6 is 0 Å². The number of nitrogens with one attached hydrogen (secondary N) is 1. The Kier molecular flexibility index (Phi) is 7.95. The number of hydrogen-bond acceptors (Lipinski definition) is 7. The first-order valence-corrected chi connectivity index (χ1v) is 12.9. The summed E-state index contributed by atoms with van der Waals surface area (Å²) >= 11 is 0. The minimum absolute atomic E-state index is 0.000956. The summed E-state index contributed by atoms with van der Waals surface area (Å²) in [4.78, 5) is 35.0. The molecule has 0 spiro atoms. The van der Waals surface area contributed by atoms with Crippen LogP contribution in [0.1, 0.15) is 26.2 Å². The molecule has 12 heteroatoms. The lowest BCUT2D eigenvalue weighted by molar-refractivity contribution is -0.126. The van der Waals surface area contributed by atoms with Gasteiger partial charge in [0.05, 0.1) is 23.9 Å². The van der Waals surface area contributed by atoms with Gasteiger partial charge in [0, 0.05) is 18.7 Å². The third-order valence-corrected chi connectivity index (χ3v) is 8.13. The van der Waals surface area contributed by atoms with Crippen LogP contribution in [0.25, 0.3) is 0 Å². The number of Topliss-reactive ketones (excluding diaryl/α,β-unsaturated/α-hetero) is 1. The first-order chi connectivity index (χ1) is 14.3. The van der Waals surface area contributed by atoms with Crippen molar-refractivity contribution in [2.24, 2.45) is 11.7 Å². The number of carbonyl (C=O) groups excluding carboxylic acids is 3. The summed E-state index contributed by atoms with van der Waals surface area (Å²) in [6.45, 7) is 1.07. The predicted molar refractivity (Wildman–Crippen MR) is 112 cm³/mol. The van der Waals surface area contributed by atoms with Gasteiger partial charge in [-0.15, -0.1) is 0 Å². The van der Waals surface area contributed by atoms with Crippen molar-refractivity contribution in [1.82, 2.24) is 9.62 Å². The highest BCUT2D eigenvalue weighted by Gasteiger charge is 2.35. The average Bonchev–Trinajstić information content (AvgIpc) is 2.87. The quantitative estimate of drug-likeness (QED) is 0.522. The van der Waals surface area contributed by atoms with E-state index < -0.39 is 56.0 Å². The molecule has 2 amide bonds. The standard InChI is InChI=1S/C19H26N3O7S2/c1-13(19(20)25)9-10-18(24)21-14-6-5-11-22(12-15(14)23)31(28,29)17-8-4-3-7-16(17)30(2,26)27/h3-4,7-8,10,13-14H,5-6,9,11-12H2,1-2H3,(H2,20,25)(H,21,24)/t13?,14-/m0/s1. The predicted octanol–water partition coefficient (Wildman–Crippen LogP) is -0.356. The van der Waals surface area contributed by atoms with Crippen LogP contribution in [0, 0.1) is 12.3 Å². The maximum atomic E-state index is 13.1. The van der Waals surface area contributed by atoms with Crippen molar-refractivity contribution in [3.8, 4) is 0 Å². The van der Waals surface area contributed by atoms with Crippen molar-refractivity contribution in [2.45, 2.75) is 42.0 Å². The van der Waals surface area contributed by atoms with Gasteiger partial charge >= 0.3 is 0 Å². The monoisotopic (exact) mass is 472 g/mol. The van der Waals surface area contributed by atoms with Crippen LogP contribution in [-0.2, 0) is 34.2 Å². The Morgan fingerprint density at radius 3 is 2.42 bits per heavy atom. The number of sulfonamides is 1. The summed E-state index contributed by atoms with van der Waals surface area (Å²) in [6.07, 6.45) is 2.77. The Bertz CT molecular complexity index is 1070. The van der Waals surface area contributed by atoms with E-state index in [0.29, 0.717) is 0 Å². The number of ketones is 1. The largest absolute Gasteiger partial charge is 0.369 e. The number of sulfone groups is 1. The van der Waals surface area contributed by atoms with Gasteiger partial charge in [-0.25, -0.2) is 16.8 Å². The molecule has 1 aromatic rings. The number of carbonyl (C=O) groups is 3. The minimum atomic E-state index is -4.25. The number of benzene rings is 1. The Morgan fingerprint density at radius 1 is 1.23 bits per heavy atom. The molecule has 1 heterocycles. The zero-order valence-electron chi connectivity index (χ0n) is 17.3. The van der Waals surface area contributed by atoms with Crippen LogP contribution in [0.5, 0.6) is 0 Å². The van der Waals surface area contributed by atoms with Crippen LogP contribution < -0.4 is 11.1 Å². The average molecular weight is 473 g/mol. The molecule has 1 saturated heterocycles. The molecule has 0 aliphatic carbocycles. The van der Waals surface area contributed by atoms with Crippen molar-refractivity contribution in [3.05, 3.63) is 30.7 Å². The summed E-state index contributed by atoms with van der Waals surface area (Å²) < 4.78 is 51.1. The maximum absolute atomic E-state index is 13.1. The summed E-state index contributed by atoms with van der Waals surface area (Å²) in [7, 11) is -8.06. The molecule has 0 saturated carbocycles. The maximum Gasteiger partial charge on any atom is 0.244 e. The molecule has 1 unspecified atom stereocenters. The summed E-state index contributed by atoms with van der Waals surface area (Å²) in [5.41, 5.74) is 5.15. The Hall–Kier alpha value is -2.31. The molecule has 3 N–H and O–H groups in total. The SMILES string of the molecule is CC(C[CH]C(=O)N[C@H]1CCCN(S(=O)(=O)c2ccccc2S(C)(=O)=O)CC1=O)C(N)=O. The van der Waals surface area contributed by atoms with Crippen molar-refractivity contribution in [2.75, 3.05) is 19.3 Å². The van der Waals surface area contributed by atoms with Crippen LogP contribution in [0.3, 0.4) is 0 Å². The van der Waals surface area contributed by atoms with Crippen LogP contribution in [0.4, 0.5) is 0 Å². The van der Waals surface area contributed by atoms with Gasteiger partial charge in [-0.05, 0) is 31.4 Å². The number of hydrogen-bond donors (Lipinski definition) is 2. The minimum Gasteiger partial charge on any atom is -0.369 e. The molecule has 2 atom stereocenters. The summed E-state index contributed by atoms with van der Waals surface area (Å²) in [5.74, 6) is -2.15. The van der Waals surface area contributed by atoms with E-state index >= 15 is 0 Å². The molecule has 0 bridgehead atoms. The molecule has 0 aromatic heterocycles. The van der Waals surface area contributed by atoms with Gasteiger partial charge in [0.25, 0.3) is 0 Å². The Labute approximate surface area is 182 Å². The fourth-order valence-corrected chi connectivity index (χ4v) is 6.14. The second-order valence-corrected chi connectivity index (χ2v) is 11.4. The van der Waals surface area contributed by atoms with Gasteiger partial charge < -0.3 is 11.1 Å². The zero-order valence-corrected chi connectivity index (χ0v) is 18.9. The smallest absolute Gasteiger partial charge is 0.244 e. The molecule has 1 aliphatic heterocycles. The van der Waals surface area contributed by atoms with Gasteiger partial charge in [0.1, 0.15) is 4.90 Å². The second kappa shape index (κ2) is 9.88. The normalized spacial score (nSPS) is 19.4. The van der Waals surface area contributed by atoms with E-state index in [1.165, 1.54) is 30.7 Å². The fourth-order valence-electron chi connectivity index (χ4n) is 3.09. The summed E-state index contributed by atoms with van der Waals surface area (Å²) in [6, 6.07) is 4.33. The highest BCUT2D eigenvalue weighted by molar-refractivity contribution is 7.93. The van der Waals surface area contributed by atoms with Crippen molar-refractivity contribution >= 4 is 37.5 Å². The first kappa shape index (κ1) is 25.0. The molecule has 31 heavy (non-hydrogen) atoms. The van der Waals surface area contributed by atoms with Gasteiger partial charge in [0.15, 0.2) is 15.6 Å². The fraction of sp³-hybridized carbons (Fsp3) is 0.474. The number of amides is 2. The topological polar surface area (TPSA) is 161 Å². The molecule has 1 radical (unpaired) electrons. The number of rotatable bonds is 8. The summed E-state index contributed by atoms with van der Waals surface area (Å²) in [5, 5.41) is 2.54. The van der Waals surface area contributed by atoms with E-state index in [2.05, 4.69) is 5.32 Å². The molecular weight excluding hydrogens is 446 g/mol. The van der Waals surface area contributed by atoms with E-state index in [-0.39, 0.29) is 35.6 Å². The third kappa shape index (κ3) is 6.34. The lowest BCUT2D eigenvalue weighted by Gasteiger charge is -2.21. The van der Waals surface area contributed by atoms with Crippen LogP contribution in [-0.4, -0.2) is 64.1 Å².